The zero-order valence-corrected chi connectivity index (χ0v) is 17.5. The van der Waals surface area contributed by atoms with Gasteiger partial charge in [-0.3, -0.25) is 4.90 Å². The number of hydrogen-bond donors (Lipinski definition) is 1. The van der Waals surface area contributed by atoms with Crippen LogP contribution in [0.3, 0.4) is 0 Å². The highest BCUT2D eigenvalue weighted by Gasteiger charge is 2.51. The van der Waals surface area contributed by atoms with E-state index < -0.39 is 40.7 Å². The van der Waals surface area contributed by atoms with Crippen LogP contribution in [-0.4, -0.2) is 53.6 Å². The molecule has 0 bridgehead atoms. The van der Waals surface area contributed by atoms with Gasteiger partial charge in [0.1, 0.15) is 5.82 Å². The van der Waals surface area contributed by atoms with Crippen LogP contribution in [0.4, 0.5) is 38.5 Å². The quantitative estimate of drug-likeness (QED) is 0.679. The lowest BCUT2D eigenvalue weighted by Gasteiger charge is -2.43. The fourth-order valence-electron chi connectivity index (χ4n) is 4.23. The van der Waals surface area contributed by atoms with Crippen molar-refractivity contribution in [1.82, 2.24) is 9.80 Å². The summed E-state index contributed by atoms with van der Waals surface area (Å²) in [6.07, 6.45) is -4.74. The fourth-order valence-corrected chi connectivity index (χ4v) is 4.23. The number of carbonyl (C=O) groups is 2. The van der Waals surface area contributed by atoms with Crippen LogP contribution in [0, 0.1) is 17.1 Å². The molecule has 1 atom stereocenters. The maximum absolute atomic E-state index is 13.4. The number of anilines is 2. The molecular weight excluding hydrogens is 442 g/mol. The van der Waals surface area contributed by atoms with Crippen LogP contribution < -0.4 is 10.2 Å². The van der Waals surface area contributed by atoms with E-state index in [1.54, 1.807) is 11.8 Å². The number of amides is 4. The van der Waals surface area contributed by atoms with Crippen molar-refractivity contribution >= 4 is 23.4 Å². The second kappa shape index (κ2) is 7.95. The van der Waals surface area contributed by atoms with Gasteiger partial charge in [0.05, 0.1) is 29.3 Å². The Morgan fingerprint density at radius 1 is 1.12 bits per heavy atom. The molecule has 0 saturated carbocycles. The van der Waals surface area contributed by atoms with Gasteiger partial charge in [-0.1, -0.05) is 0 Å². The van der Waals surface area contributed by atoms with E-state index in [-0.39, 0.29) is 31.9 Å². The van der Waals surface area contributed by atoms with E-state index in [1.807, 2.05) is 0 Å². The molecule has 0 spiro atoms. The molecule has 2 aliphatic rings. The third-order valence-electron chi connectivity index (χ3n) is 5.86. The number of nitriles is 1. The van der Waals surface area contributed by atoms with Gasteiger partial charge in [0, 0.05) is 31.0 Å². The number of benzene rings is 2. The zero-order chi connectivity index (χ0) is 24.0. The maximum Gasteiger partial charge on any atom is 0.417 e. The lowest BCUT2D eigenvalue weighted by Crippen LogP contribution is -2.61. The van der Waals surface area contributed by atoms with Gasteiger partial charge in [0.15, 0.2) is 0 Å². The van der Waals surface area contributed by atoms with E-state index >= 15 is 0 Å². The van der Waals surface area contributed by atoms with Gasteiger partial charge in [-0.05, 0) is 49.4 Å². The summed E-state index contributed by atoms with van der Waals surface area (Å²) in [5.41, 5.74) is -2.02. The number of carbonyl (C=O) groups excluding carboxylic acids is 2. The Bertz CT molecular complexity index is 1140. The molecule has 172 valence electrons. The van der Waals surface area contributed by atoms with Crippen LogP contribution in [0.2, 0.25) is 0 Å². The third kappa shape index (κ3) is 4.16. The first-order chi connectivity index (χ1) is 15.5. The molecule has 1 unspecified atom stereocenters. The highest BCUT2D eigenvalue weighted by atomic mass is 19.4. The first kappa shape index (κ1) is 22.4. The van der Waals surface area contributed by atoms with Crippen molar-refractivity contribution in [2.75, 3.05) is 36.4 Å². The van der Waals surface area contributed by atoms with Crippen LogP contribution >= 0.6 is 0 Å². The topological polar surface area (TPSA) is 79.7 Å². The summed E-state index contributed by atoms with van der Waals surface area (Å²) in [4.78, 5) is 30.0. The van der Waals surface area contributed by atoms with E-state index in [4.69, 9.17) is 5.26 Å². The van der Waals surface area contributed by atoms with Crippen molar-refractivity contribution in [1.29, 1.82) is 5.26 Å². The summed E-state index contributed by atoms with van der Waals surface area (Å²) in [7, 11) is 0. The highest BCUT2D eigenvalue weighted by molar-refractivity contribution is 5.96. The predicted octanol–water partition coefficient (Wildman–Crippen LogP) is 4.26. The molecule has 2 heterocycles. The van der Waals surface area contributed by atoms with Crippen LogP contribution in [-0.2, 0) is 6.18 Å². The smallest absolute Gasteiger partial charge is 0.320 e. The molecule has 11 heteroatoms. The summed E-state index contributed by atoms with van der Waals surface area (Å²) in [6.45, 7) is 2.41. The molecule has 7 nitrogen and oxygen atoms in total. The van der Waals surface area contributed by atoms with Gasteiger partial charge in [0.2, 0.25) is 0 Å². The van der Waals surface area contributed by atoms with Gasteiger partial charge in [-0.2, -0.15) is 18.4 Å². The van der Waals surface area contributed by atoms with Crippen molar-refractivity contribution in [3.05, 3.63) is 59.4 Å². The molecule has 2 fully saturated rings. The standard InChI is InChI=1S/C22H19F4N5O2/c1-21-12-29(19(32)28-16-5-3-15(23)4-6-16)8-9-31(21)20(33)30(13-21)17-7-2-14(11-27)18(10-17)22(24,25)26/h2-7,10H,8-9,12-13H2,1H3,(H,28,32). The van der Waals surface area contributed by atoms with Crippen molar-refractivity contribution < 1.29 is 27.2 Å². The molecule has 0 radical (unpaired) electrons. The lowest BCUT2D eigenvalue weighted by molar-refractivity contribution is -0.137. The van der Waals surface area contributed by atoms with Gasteiger partial charge in [-0.25, -0.2) is 14.0 Å². The SMILES string of the molecule is CC12CN(C(=O)Nc3ccc(F)cc3)CCN1C(=O)N(c1ccc(C#N)c(C(F)(F)F)c1)C2. The molecular formula is C22H19F4N5O2. The average molecular weight is 461 g/mol. The molecule has 1 N–H and O–H groups in total. The number of urea groups is 2. The first-order valence-corrected chi connectivity index (χ1v) is 10.0. The van der Waals surface area contributed by atoms with E-state index in [0.717, 1.165) is 12.1 Å². The van der Waals surface area contributed by atoms with Crippen molar-refractivity contribution in [2.24, 2.45) is 0 Å². The number of rotatable bonds is 2. The molecule has 2 aromatic carbocycles. The number of halogens is 4. The number of fused-ring (bicyclic) bond motifs is 1. The monoisotopic (exact) mass is 461 g/mol. The summed E-state index contributed by atoms with van der Waals surface area (Å²) >= 11 is 0. The minimum Gasteiger partial charge on any atom is -0.320 e. The predicted molar refractivity (Wildman–Crippen MR) is 111 cm³/mol. The summed E-state index contributed by atoms with van der Waals surface area (Å²) < 4.78 is 53.2. The first-order valence-electron chi connectivity index (χ1n) is 10.0. The Morgan fingerprint density at radius 3 is 2.45 bits per heavy atom. The molecule has 0 aliphatic carbocycles. The Morgan fingerprint density at radius 2 is 1.82 bits per heavy atom. The number of hydrogen-bond acceptors (Lipinski definition) is 3. The summed E-state index contributed by atoms with van der Waals surface area (Å²) in [5, 5.41) is 11.7. The second-order valence-electron chi connectivity index (χ2n) is 8.22. The van der Waals surface area contributed by atoms with Crippen LogP contribution in [0.1, 0.15) is 18.1 Å². The number of piperazine rings is 1. The molecule has 4 rings (SSSR count). The van der Waals surface area contributed by atoms with E-state index in [0.29, 0.717) is 5.69 Å². The molecule has 0 aromatic heterocycles. The summed E-state index contributed by atoms with van der Waals surface area (Å²) in [5.74, 6) is -0.435. The van der Waals surface area contributed by atoms with Gasteiger partial charge in [-0.15, -0.1) is 0 Å². The number of nitrogens with one attached hydrogen (secondary N) is 1. The number of nitrogens with zero attached hydrogens (tertiary/aromatic N) is 4. The highest BCUT2D eigenvalue weighted by Crippen LogP contribution is 2.38. The second-order valence-corrected chi connectivity index (χ2v) is 8.22. The van der Waals surface area contributed by atoms with Crippen molar-refractivity contribution in [3.8, 4) is 6.07 Å². The largest absolute Gasteiger partial charge is 0.417 e. The molecule has 2 aliphatic heterocycles. The number of alkyl halides is 3. The van der Waals surface area contributed by atoms with E-state index in [1.165, 1.54) is 46.2 Å². The minimum atomic E-state index is -4.74. The lowest BCUT2D eigenvalue weighted by atomic mass is 9.98. The van der Waals surface area contributed by atoms with Gasteiger partial charge >= 0.3 is 18.2 Å². The Kier molecular flexibility index (Phi) is 5.40. The van der Waals surface area contributed by atoms with Crippen LogP contribution in [0.25, 0.3) is 0 Å². The fraction of sp³-hybridized carbons (Fsp3) is 0.318. The zero-order valence-electron chi connectivity index (χ0n) is 17.5. The van der Waals surface area contributed by atoms with Gasteiger partial charge < -0.3 is 15.1 Å². The van der Waals surface area contributed by atoms with Crippen LogP contribution in [0.15, 0.2) is 42.5 Å². The Labute approximate surface area is 186 Å². The molecule has 2 aromatic rings. The minimum absolute atomic E-state index is 0.0317. The Hall–Kier alpha value is -3.81. The normalized spacial score (nSPS) is 20.5. The van der Waals surface area contributed by atoms with Crippen molar-refractivity contribution in [2.45, 2.75) is 18.6 Å². The maximum atomic E-state index is 13.4. The Balaban J connectivity index is 1.54. The van der Waals surface area contributed by atoms with Gasteiger partial charge in [0.25, 0.3) is 0 Å². The third-order valence-corrected chi connectivity index (χ3v) is 5.86. The molecule has 2 saturated heterocycles. The molecule has 4 amide bonds. The summed E-state index contributed by atoms with van der Waals surface area (Å²) in [6, 6.07) is 9.09. The van der Waals surface area contributed by atoms with E-state index in [9.17, 15) is 27.2 Å². The van der Waals surface area contributed by atoms with E-state index in [2.05, 4.69) is 5.32 Å². The average Bonchev–Trinajstić information content (AvgIpc) is 3.04. The van der Waals surface area contributed by atoms with Crippen molar-refractivity contribution in [3.63, 3.8) is 0 Å². The van der Waals surface area contributed by atoms with Crippen LogP contribution in [0.5, 0.6) is 0 Å². The molecule has 33 heavy (non-hydrogen) atoms.